The van der Waals surface area contributed by atoms with E-state index in [1.54, 1.807) is 18.2 Å². The quantitative estimate of drug-likeness (QED) is 0.843. The second-order valence-electron chi connectivity index (χ2n) is 4.30. The topological polar surface area (TPSA) is 49.3 Å². The van der Waals surface area contributed by atoms with Crippen molar-refractivity contribution in [2.45, 2.75) is 12.8 Å². The minimum absolute atomic E-state index is 0.0614. The van der Waals surface area contributed by atoms with Crippen LogP contribution in [0.1, 0.15) is 12.0 Å². The molecule has 0 heterocycles. The van der Waals surface area contributed by atoms with Crippen molar-refractivity contribution < 1.29 is 14.3 Å². The van der Waals surface area contributed by atoms with Gasteiger partial charge in [-0.15, -0.1) is 0 Å². The standard InChI is InChI=1S/C15H13ClFNO2/c16-11-6-7-14(19)13(9-11)18-15(20)8-5-10-3-1-2-4-12(10)17/h1-4,6-7,9,19H,5,8H2,(H,18,20). The number of aryl methyl sites for hydroxylation is 1. The van der Waals surface area contributed by atoms with Crippen LogP contribution in [-0.4, -0.2) is 11.0 Å². The minimum Gasteiger partial charge on any atom is -0.506 e. The third kappa shape index (κ3) is 3.71. The van der Waals surface area contributed by atoms with Crippen molar-refractivity contribution in [2.75, 3.05) is 5.32 Å². The molecule has 2 aromatic rings. The molecule has 0 spiro atoms. The van der Waals surface area contributed by atoms with E-state index >= 15 is 0 Å². The molecule has 2 rings (SSSR count). The number of carbonyl (C=O) groups is 1. The molecule has 0 fully saturated rings. The summed E-state index contributed by atoms with van der Waals surface area (Å²) >= 11 is 5.78. The molecule has 2 N–H and O–H groups in total. The van der Waals surface area contributed by atoms with Gasteiger partial charge in [-0.2, -0.15) is 0 Å². The number of hydrogen-bond acceptors (Lipinski definition) is 2. The van der Waals surface area contributed by atoms with Crippen LogP contribution in [0.3, 0.4) is 0 Å². The Bertz CT molecular complexity index is 631. The normalized spacial score (nSPS) is 10.3. The molecular weight excluding hydrogens is 281 g/mol. The smallest absolute Gasteiger partial charge is 0.224 e. The van der Waals surface area contributed by atoms with Crippen molar-refractivity contribution in [1.29, 1.82) is 0 Å². The lowest BCUT2D eigenvalue weighted by Crippen LogP contribution is -2.12. The van der Waals surface area contributed by atoms with E-state index in [9.17, 15) is 14.3 Å². The number of carbonyl (C=O) groups excluding carboxylic acids is 1. The molecule has 0 aromatic heterocycles. The van der Waals surface area contributed by atoms with E-state index in [4.69, 9.17) is 11.6 Å². The average molecular weight is 294 g/mol. The Kier molecular flexibility index (Phi) is 4.58. The van der Waals surface area contributed by atoms with E-state index in [2.05, 4.69) is 5.32 Å². The number of anilines is 1. The number of phenolic OH excluding ortho intramolecular Hbond substituents is 1. The molecule has 0 unspecified atom stereocenters. The predicted octanol–water partition coefficient (Wildman–Crippen LogP) is 3.76. The highest BCUT2D eigenvalue weighted by atomic mass is 35.5. The fraction of sp³-hybridized carbons (Fsp3) is 0.133. The van der Waals surface area contributed by atoms with Gasteiger partial charge in [-0.1, -0.05) is 29.8 Å². The van der Waals surface area contributed by atoms with Crippen molar-refractivity contribution in [3.8, 4) is 5.75 Å². The zero-order chi connectivity index (χ0) is 14.5. The molecule has 20 heavy (non-hydrogen) atoms. The lowest BCUT2D eigenvalue weighted by Gasteiger charge is -2.08. The molecule has 0 aliphatic heterocycles. The second kappa shape index (κ2) is 6.39. The first-order valence-electron chi connectivity index (χ1n) is 6.08. The third-order valence-corrected chi connectivity index (χ3v) is 3.05. The van der Waals surface area contributed by atoms with E-state index in [0.29, 0.717) is 17.0 Å². The van der Waals surface area contributed by atoms with Gasteiger partial charge in [0.25, 0.3) is 0 Å². The molecule has 3 nitrogen and oxygen atoms in total. The lowest BCUT2D eigenvalue weighted by atomic mass is 10.1. The Morgan fingerprint density at radius 1 is 1.25 bits per heavy atom. The molecule has 1 amide bonds. The van der Waals surface area contributed by atoms with Gasteiger partial charge in [0.05, 0.1) is 5.69 Å². The number of aromatic hydroxyl groups is 1. The number of halogens is 2. The molecule has 0 saturated heterocycles. The molecular formula is C15H13ClFNO2. The summed E-state index contributed by atoms with van der Waals surface area (Å²) in [6, 6.07) is 10.7. The number of hydrogen-bond donors (Lipinski definition) is 2. The Balaban J connectivity index is 1.96. The number of rotatable bonds is 4. The summed E-state index contributed by atoms with van der Waals surface area (Å²) in [6.07, 6.45) is 0.409. The summed E-state index contributed by atoms with van der Waals surface area (Å²) < 4.78 is 13.4. The van der Waals surface area contributed by atoms with Crippen LogP contribution in [0.4, 0.5) is 10.1 Å². The van der Waals surface area contributed by atoms with Gasteiger partial charge in [-0.3, -0.25) is 4.79 Å². The molecule has 5 heteroatoms. The molecule has 0 aliphatic rings. The number of nitrogens with one attached hydrogen (secondary N) is 1. The van der Waals surface area contributed by atoms with Crippen LogP contribution in [-0.2, 0) is 11.2 Å². The molecule has 0 saturated carbocycles. The van der Waals surface area contributed by atoms with Crippen LogP contribution in [0, 0.1) is 5.82 Å². The first-order valence-corrected chi connectivity index (χ1v) is 6.46. The van der Waals surface area contributed by atoms with E-state index in [0.717, 1.165) is 0 Å². The Labute approximate surface area is 121 Å². The highest BCUT2D eigenvalue weighted by Crippen LogP contribution is 2.26. The number of amides is 1. The first-order chi connectivity index (χ1) is 9.56. The van der Waals surface area contributed by atoms with Crippen molar-refractivity contribution in [3.05, 3.63) is 58.9 Å². The van der Waals surface area contributed by atoms with Crippen molar-refractivity contribution in [3.63, 3.8) is 0 Å². The van der Waals surface area contributed by atoms with Gasteiger partial charge in [0, 0.05) is 11.4 Å². The maximum Gasteiger partial charge on any atom is 0.224 e. The SMILES string of the molecule is O=C(CCc1ccccc1F)Nc1cc(Cl)ccc1O. The van der Waals surface area contributed by atoms with Crippen LogP contribution in [0.25, 0.3) is 0 Å². The van der Waals surface area contributed by atoms with Crippen LogP contribution < -0.4 is 5.32 Å². The lowest BCUT2D eigenvalue weighted by molar-refractivity contribution is -0.116. The van der Waals surface area contributed by atoms with Gasteiger partial charge in [-0.05, 0) is 36.2 Å². The second-order valence-corrected chi connectivity index (χ2v) is 4.74. The summed E-state index contributed by atoms with van der Waals surface area (Å²) in [5, 5.41) is 12.5. The van der Waals surface area contributed by atoms with Gasteiger partial charge in [-0.25, -0.2) is 4.39 Å². The van der Waals surface area contributed by atoms with E-state index in [1.165, 1.54) is 24.3 Å². The minimum atomic E-state index is -0.328. The largest absolute Gasteiger partial charge is 0.506 e. The first kappa shape index (κ1) is 14.3. The Morgan fingerprint density at radius 2 is 2.00 bits per heavy atom. The Morgan fingerprint density at radius 3 is 2.75 bits per heavy atom. The summed E-state index contributed by atoms with van der Waals surface area (Å²) in [5.74, 6) is -0.703. The third-order valence-electron chi connectivity index (χ3n) is 2.81. The molecule has 104 valence electrons. The Hall–Kier alpha value is -2.07. The predicted molar refractivity (Wildman–Crippen MR) is 76.5 cm³/mol. The molecule has 0 radical (unpaired) electrons. The van der Waals surface area contributed by atoms with Crippen molar-refractivity contribution in [2.24, 2.45) is 0 Å². The highest BCUT2D eigenvalue weighted by Gasteiger charge is 2.09. The van der Waals surface area contributed by atoms with Crippen molar-refractivity contribution >= 4 is 23.2 Å². The fourth-order valence-electron chi connectivity index (χ4n) is 1.77. The van der Waals surface area contributed by atoms with E-state index < -0.39 is 0 Å². The van der Waals surface area contributed by atoms with Crippen LogP contribution >= 0.6 is 11.6 Å². The van der Waals surface area contributed by atoms with Crippen LogP contribution in [0.15, 0.2) is 42.5 Å². The zero-order valence-electron chi connectivity index (χ0n) is 10.6. The van der Waals surface area contributed by atoms with Gasteiger partial charge in [0.1, 0.15) is 11.6 Å². The zero-order valence-corrected chi connectivity index (χ0v) is 11.3. The van der Waals surface area contributed by atoms with Gasteiger partial charge >= 0.3 is 0 Å². The molecule has 0 bridgehead atoms. The monoisotopic (exact) mass is 293 g/mol. The van der Waals surface area contributed by atoms with Crippen LogP contribution in [0.2, 0.25) is 5.02 Å². The molecule has 0 atom stereocenters. The molecule has 0 aliphatic carbocycles. The van der Waals surface area contributed by atoms with Gasteiger partial charge in [0.15, 0.2) is 0 Å². The number of benzene rings is 2. The fourth-order valence-corrected chi connectivity index (χ4v) is 1.94. The summed E-state index contributed by atoms with van der Waals surface area (Å²) in [6.45, 7) is 0. The van der Waals surface area contributed by atoms with Crippen molar-refractivity contribution in [1.82, 2.24) is 0 Å². The average Bonchev–Trinajstić information content (AvgIpc) is 2.42. The summed E-state index contributed by atoms with van der Waals surface area (Å²) in [7, 11) is 0. The maximum atomic E-state index is 13.4. The van der Waals surface area contributed by atoms with E-state index in [1.807, 2.05) is 0 Å². The number of phenols is 1. The maximum absolute atomic E-state index is 13.4. The van der Waals surface area contributed by atoms with Gasteiger partial charge in [0.2, 0.25) is 5.91 Å². The summed E-state index contributed by atoms with van der Waals surface area (Å²) in [4.78, 5) is 11.8. The van der Waals surface area contributed by atoms with Gasteiger partial charge < -0.3 is 10.4 Å². The highest BCUT2D eigenvalue weighted by molar-refractivity contribution is 6.31. The van der Waals surface area contributed by atoms with Crippen LogP contribution in [0.5, 0.6) is 5.75 Å². The summed E-state index contributed by atoms with van der Waals surface area (Å²) in [5.41, 5.74) is 0.731. The molecule has 2 aromatic carbocycles. The van der Waals surface area contributed by atoms with E-state index in [-0.39, 0.29) is 29.6 Å².